The molecular formula is C60H111N2O6P. The quantitative estimate of drug-likeness (QED) is 0.0272. The molecule has 0 fully saturated rings. The van der Waals surface area contributed by atoms with Gasteiger partial charge in [-0.15, -0.1) is 0 Å². The molecular weight excluding hydrogens is 876 g/mol. The standard InChI is InChI=1S/C60H111N2O6P/c1-6-8-10-12-14-16-18-20-22-24-26-28-30-31-32-34-36-38-40-42-44-46-48-50-52-54-60(64)61-58(57-68-69(65,66)67-56-55-62(3,4)5)59(63)53-51-49-47-45-43-41-39-37-35-33-29-27-25-23-21-19-17-15-13-11-9-7-2/h8,10,14,16,20,22,26,28,31-32,51,53,58-59,63H,6-7,9,11-13,15,17-19,21,23-25,27,29-30,33-50,52,54-57H2,1-5H3,(H-,61,64,65,66)/b10-8-,16-14-,22-20-,28-26-,32-31-,53-51+. The maximum Gasteiger partial charge on any atom is 0.268 e. The first-order valence-electron chi connectivity index (χ1n) is 28.8. The normalized spacial score (nSPS) is 14.5. The van der Waals surface area contributed by atoms with Crippen molar-refractivity contribution in [2.45, 2.75) is 264 Å². The Bertz CT molecular complexity index is 1350. The van der Waals surface area contributed by atoms with Crippen molar-refractivity contribution < 1.29 is 32.9 Å². The molecule has 0 radical (unpaired) electrons. The number of likely N-dealkylation sites (N-methyl/N-ethyl adjacent to an activating group) is 1. The molecule has 69 heavy (non-hydrogen) atoms. The summed E-state index contributed by atoms with van der Waals surface area (Å²) in [5.74, 6) is -0.204. The molecule has 402 valence electrons. The zero-order valence-electron chi connectivity index (χ0n) is 45.8. The van der Waals surface area contributed by atoms with Crippen LogP contribution in [0.2, 0.25) is 0 Å². The van der Waals surface area contributed by atoms with Crippen molar-refractivity contribution in [3.8, 4) is 0 Å². The summed E-state index contributed by atoms with van der Waals surface area (Å²) in [6.07, 6.45) is 69.7. The molecule has 0 aliphatic rings. The van der Waals surface area contributed by atoms with Crippen LogP contribution in [0.1, 0.15) is 251 Å². The molecule has 3 atom stereocenters. The Morgan fingerprint density at radius 2 is 0.884 bits per heavy atom. The SMILES string of the molecule is CC/C=C\C/C=C\C/C=C\C/C=C\C/C=C\CCCCCCCCCCCC(=O)NC(COP(=O)([O-])OCC[N+](C)(C)C)C(O)/C=C/CCCCCCCCCCCCCCCCCCCCCC. The first-order chi connectivity index (χ1) is 33.5. The summed E-state index contributed by atoms with van der Waals surface area (Å²) in [6, 6.07) is -0.895. The Labute approximate surface area is 427 Å². The molecule has 0 bridgehead atoms. The number of phosphoric acid groups is 1. The highest BCUT2D eigenvalue weighted by molar-refractivity contribution is 7.45. The van der Waals surface area contributed by atoms with E-state index < -0.39 is 20.0 Å². The topological polar surface area (TPSA) is 108 Å². The zero-order chi connectivity index (χ0) is 50.6. The monoisotopic (exact) mass is 987 g/mol. The molecule has 0 aromatic carbocycles. The van der Waals surface area contributed by atoms with Crippen molar-refractivity contribution in [3.05, 3.63) is 72.9 Å². The minimum Gasteiger partial charge on any atom is -0.756 e. The Morgan fingerprint density at radius 1 is 0.522 bits per heavy atom. The van der Waals surface area contributed by atoms with Gasteiger partial charge in [0.15, 0.2) is 0 Å². The average Bonchev–Trinajstić information content (AvgIpc) is 3.31. The summed E-state index contributed by atoms with van der Waals surface area (Å²) in [5, 5.41) is 13.9. The molecule has 0 rings (SSSR count). The molecule has 0 saturated heterocycles. The predicted octanol–water partition coefficient (Wildman–Crippen LogP) is 16.9. The first-order valence-corrected chi connectivity index (χ1v) is 30.3. The maximum atomic E-state index is 13.0. The Morgan fingerprint density at radius 3 is 1.29 bits per heavy atom. The molecule has 1 amide bonds. The summed E-state index contributed by atoms with van der Waals surface area (Å²) in [7, 11) is 1.25. The van der Waals surface area contributed by atoms with Gasteiger partial charge in [0.05, 0.1) is 39.9 Å². The summed E-state index contributed by atoms with van der Waals surface area (Å²) in [5.41, 5.74) is 0. The van der Waals surface area contributed by atoms with Crippen LogP contribution in [-0.4, -0.2) is 68.5 Å². The Hall–Kier alpha value is -2.06. The number of nitrogens with zero attached hydrogens (tertiary/aromatic N) is 1. The predicted molar refractivity (Wildman–Crippen MR) is 297 cm³/mol. The van der Waals surface area contributed by atoms with Crippen molar-refractivity contribution >= 4 is 13.7 Å². The van der Waals surface area contributed by atoms with Gasteiger partial charge in [0.2, 0.25) is 5.91 Å². The summed E-state index contributed by atoms with van der Waals surface area (Å²) in [4.78, 5) is 25.5. The van der Waals surface area contributed by atoms with Gasteiger partial charge in [-0.2, -0.15) is 0 Å². The van der Waals surface area contributed by atoms with E-state index in [1.807, 2.05) is 27.2 Å². The lowest BCUT2D eigenvalue weighted by Gasteiger charge is -2.29. The second kappa shape index (κ2) is 50.9. The number of phosphoric ester groups is 1. The van der Waals surface area contributed by atoms with Crippen LogP contribution in [0.15, 0.2) is 72.9 Å². The molecule has 8 nitrogen and oxygen atoms in total. The molecule has 0 aliphatic carbocycles. The van der Waals surface area contributed by atoms with Gasteiger partial charge in [0.1, 0.15) is 13.2 Å². The number of rotatable bonds is 52. The van der Waals surface area contributed by atoms with Gasteiger partial charge in [-0.25, -0.2) is 0 Å². The first kappa shape index (κ1) is 66.9. The smallest absolute Gasteiger partial charge is 0.268 e. The molecule has 0 saturated carbocycles. The van der Waals surface area contributed by atoms with Crippen LogP contribution in [0.25, 0.3) is 0 Å². The fraction of sp³-hybridized carbons (Fsp3) is 0.783. The van der Waals surface area contributed by atoms with Gasteiger partial charge in [-0.3, -0.25) is 9.36 Å². The molecule has 0 aromatic rings. The molecule has 0 aliphatic heterocycles. The van der Waals surface area contributed by atoms with E-state index in [-0.39, 0.29) is 19.1 Å². The third kappa shape index (κ3) is 53.6. The summed E-state index contributed by atoms with van der Waals surface area (Å²) < 4.78 is 23.4. The minimum absolute atomic E-state index is 0.00492. The lowest BCUT2D eigenvalue weighted by atomic mass is 10.0. The highest BCUT2D eigenvalue weighted by Gasteiger charge is 2.23. The van der Waals surface area contributed by atoms with Crippen LogP contribution in [-0.2, 0) is 18.4 Å². The van der Waals surface area contributed by atoms with Gasteiger partial charge in [-0.05, 0) is 64.2 Å². The molecule has 3 unspecified atom stereocenters. The lowest BCUT2D eigenvalue weighted by molar-refractivity contribution is -0.870. The highest BCUT2D eigenvalue weighted by atomic mass is 31.2. The molecule has 9 heteroatoms. The third-order valence-corrected chi connectivity index (χ3v) is 13.6. The average molecular weight is 988 g/mol. The van der Waals surface area contributed by atoms with Crippen molar-refractivity contribution in [1.29, 1.82) is 0 Å². The van der Waals surface area contributed by atoms with Gasteiger partial charge >= 0.3 is 0 Å². The molecule has 0 heterocycles. The molecule has 0 aromatic heterocycles. The largest absolute Gasteiger partial charge is 0.756 e. The van der Waals surface area contributed by atoms with Gasteiger partial charge < -0.3 is 28.8 Å². The number of quaternary nitrogens is 1. The number of hydrogen-bond acceptors (Lipinski definition) is 6. The van der Waals surface area contributed by atoms with Gasteiger partial charge in [0, 0.05) is 6.42 Å². The van der Waals surface area contributed by atoms with Crippen molar-refractivity contribution in [1.82, 2.24) is 5.32 Å². The van der Waals surface area contributed by atoms with Crippen LogP contribution in [0.3, 0.4) is 0 Å². The molecule has 2 N–H and O–H groups in total. The lowest BCUT2D eigenvalue weighted by Crippen LogP contribution is -2.45. The number of hydrogen-bond donors (Lipinski definition) is 2. The van der Waals surface area contributed by atoms with Crippen LogP contribution >= 0.6 is 7.82 Å². The Balaban J connectivity index is 4.25. The van der Waals surface area contributed by atoms with E-state index in [2.05, 4.69) is 79.9 Å². The van der Waals surface area contributed by atoms with E-state index >= 15 is 0 Å². The number of nitrogens with one attached hydrogen (secondary N) is 1. The second-order valence-electron chi connectivity index (χ2n) is 20.6. The van der Waals surface area contributed by atoms with Crippen molar-refractivity contribution in [2.24, 2.45) is 0 Å². The third-order valence-electron chi connectivity index (χ3n) is 12.7. The minimum atomic E-state index is -4.60. The number of amides is 1. The highest BCUT2D eigenvalue weighted by Crippen LogP contribution is 2.38. The van der Waals surface area contributed by atoms with E-state index in [0.717, 1.165) is 77.0 Å². The second-order valence-corrected chi connectivity index (χ2v) is 22.0. The van der Waals surface area contributed by atoms with E-state index in [0.29, 0.717) is 17.4 Å². The molecule has 0 spiro atoms. The fourth-order valence-corrected chi connectivity index (χ4v) is 8.90. The van der Waals surface area contributed by atoms with Crippen LogP contribution in [0.5, 0.6) is 0 Å². The van der Waals surface area contributed by atoms with Crippen LogP contribution < -0.4 is 10.2 Å². The van der Waals surface area contributed by atoms with E-state index in [1.165, 1.54) is 154 Å². The van der Waals surface area contributed by atoms with Crippen molar-refractivity contribution in [2.75, 3.05) is 40.9 Å². The van der Waals surface area contributed by atoms with Crippen molar-refractivity contribution in [3.63, 3.8) is 0 Å². The van der Waals surface area contributed by atoms with Gasteiger partial charge in [-0.1, -0.05) is 254 Å². The number of unbranched alkanes of at least 4 members (excludes halogenated alkanes) is 29. The van der Waals surface area contributed by atoms with Gasteiger partial charge in [0.25, 0.3) is 7.82 Å². The van der Waals surface area contributed by atoms with Crippen LogP contribution in [0, 0.1) is 0 Å². The van der Waals surface area contributed by atoms with E-state index in [4.69, 9.17) is 9.05 Å². The number of aliphatic hydroxyl groups is 1. The summed E-state index contributed by atoms with van der Waals surface area (Å²) >= 11 is 0. The Kier molecular flexibility index (Phi) is 49.3. The summed E-state index contributed by atoms with van der Waals surface area (Å²) in [6.45, 7) is 4.55. The number of allylic oxidation sites excluding steroid dienone is 11. The fourth-order valence-electron chi connectivity index (χ4n) is 8.18. The van der Waals surface area contributed by atoms with Crippen LogP contribution in [0.4, 0.5) is 0 Å². The zero-order valence-corrected chi connectivity index (χ0v) is 46.6. The van der Waals surface area contributed by atoms with E-state index in [9.17, 15) is 19.4 Å². The number of carbonyl (C=O) groups excluding carboxylic acids is 1. The number of carbonyl (C=O) groups is 1. The maximum absolute atomic E-state index is 13.0. The van der Waals surface area contributed by atoms with E-state index in [1.54, 1.807) is 6.08 Å². The number of aliphatic hydroxyl groups excluding tert-OH is 1.